The molecule has 3 heteroatoms. The molecule has 88 valence electrons. The van der Waals surface area contributed by atoms with Crippen molar-refractivity contribution < 1.29 is 0 Å². The average Bonchev–Trinajstić information content (AvgIpc) is 2.74. The number of hydrogen-bond acceptors (Lipinski definition) is 2. The van der Waals surface area contributed by atoms with Gasteiger partial charge in [0.05, 0.1) is 6.33 Å². The van der Waals surface area contributed by atoms with E-state index in [0.29, 0.717) is 12.5 Å². The summed E-state index contributed by atoms with van der Waals surface area (Å²) in [6.45, 7) is 1.72. The van der Waals surface area contributed by atoms with E-state index < -0.39 is 0 Å². The number of imidazole rings is 1. The highest BCUT2D eigenvalue weighted by Gasteiger charge is 2.25. The van der Waals surface area contributed by atoms with Crippen molar-refractivity contribution in [2.75, 3.05) is 6.54 Å². The molecule has 0 spiro atoms. The van der Waals surface area contributed by atoms with Gasteiger partial charge in [0.15, 0.2) is 0 Å². The molecule has 1 atom stereocenters. The third kappa shape index (κ3) is 1.87. The minimum Gasteiger partial charge on any atom is -0.334 e. The van der Waals surface area contributed by atoms with Crippen molar-refractivity contribution in [3.8, 4) is 0 Å². The summed E-state index contributed by atoms with van der Waals surface area (Å²) in [6.07, 6.45) is 5.95. The number of benzene rings is 1. The van der Waals surface area contributed by atoms with Gasteiger partial charge in [-0.1, -0.05) is 24.3 Å². The molecule has 3 nitrogen and oxygen atoms in total. The molecule has 2 N–H and O–H groups in total. The molecule has 1 unspecified atom stereocenters. The molecule has 0 amide bonds. The van der Waals surface area contributed by atoms with Crippen LogP contribution in [0.4, 0.5) is 0 Å². The average molecular weight is 227 g/mol. The maximum atomic E-state index is 5.60. The normalized spacial score (nSPS) is 17.6. The summed E-state index contributed by atoms with van der Waals surface area (Å²) in [5, 5.41) is 0. The molecule has 1 aliphatic carbocycles. The predicted molar refractivity (Wildman–Crippen MR) is 67.9 cm³/mol. The minimum atomic E-state index is 0.650. The van der Waals surface area contributed by atoms with Gasteiger partial charge < -0.3 is 10.3 Å². The molecular formula is C14H17N3. The van der Waals surface area contributed by atoms with E-state index >= 15 is 0 Å². The molecule has 0 radical (unpaired) electrons. The predicted octanol–water partition coefficient (Wildman–Crippen LogP) is 1.72. The Hall–Kier alpha value is -1.61. The van der Waals surface area contributed by atoms with Gasteiger partial charge in [0.2, 0.25) is 0 Å². The molecule has 1 aromatic heterocycles. The van der Waals surface area contributed by atoms with E-state index in [9.17, 15) is 0 Å². The molecule has 3 rings (SSSR count). The Morgan fingerprint density at radius 3 is 3.06 bits per heavy atom. The molecule has 0 saturated carbocycles. The zero-order chi connectivity index (χ0) is 11.7. The quantitative estimate of drug-likeness (QED) is 0.864. The Morgan fingerprint density at radius 2 is 2.24 bits per heavy atom. The maximum Gasteiger partial charge on any atom is 0.0948 e. The number of rotatable bonds is 4. The largest absolute Gasteiger partial charge is 0.334 e. The van der Waals surface area contributed by atoms with E-state index in [4.69, 9.17) is 5.73 Å². The Kier molecular flexibility index (Phi) is 2.69. The highest BCUT2D eigenvalue weighted by Crippen LogP contribution is 2.36. The molecule has 2 aromatic rings. The number of nitrogens with zero attached hydrogens (tertiary/aromatic N) is 2. The van der Waals surface area contributed by atoms with E-state index in [2.05, 4.69) is 33.8 Å². The summed E-state index contributed by atoms with van der Waals surface area (Å²) >= 11 is 0. The Bertz CT molecular complexity index is 516. The van der Waals surface area contributed by atoms with Gasteiger partial charge in [-0.15, -0.1) is 0 Å². The van der Waals surface area contributed by atoms with Gasteiger partial charge in [0.1, 0.15) is 0 Å². The lowest BCUT2D eigenvalue weighted by molar-refractivity contribution is 0.497. The fourth-order valence-corrected chi connectivity index (χ4v) is 2.63. The van der Waals surface area contributed by atoms with E-state index in [1.54, 1.807) is 0 Å². The van der Waals surface area contributed by atoms with Gasteiger partial charge in [0.25, 0.3) is 0 Å². The summed E-state index contributed by atoms with van der Waals surface area (Å²) in [4.78, 5) is 4.22. The molecule has 1 aliphatic rings. The van der Waals surface area contributed by atoms with Crippen molar-refractivity contribution in [3.05, 3.63) is 53.6 Å². The van der Waals surface area contributed by atoms with Crippen LogP contribution >= 0.6 is 0 Å². The van der Waals surface area contributed by atoms with Crippen molar-refractivity contribution in [2.45, 2.75) is 25.3 Å². The zero-order valence-corrected chi connectivity index (χ0v) is 9.84. The Morgan fingerprint density at radius 1 is 1.35 bits per heavy atom. The lowest BCUT2D eigenvalue weighted by Crippen LogP contribution is -2.22. The first-order valence-electron chi connectivity index (χ1n) is 6.15. The van der Waals surface area contributed by atoms with Crippen LogP contribution in [0.3, 0.4) is 0 Å². The first-order valence-corrected chi connectivity index (χ1v) is 6.15. The molecule has 1 aromatic carbocycles. The van der Waals surface area contributed by atoms with Crippen LogP contribution in [0.15, 0.2) is 36.8 Å². The lowest BCUT2D eigenvalue weighted by Gasteiger charge is -2.30. The van der Waals surface area contributed by atoms with Crippen molar-refractivity contribution in [3.63, 3.8) is 0 Å². The van der Waals surface area contributed by atoms with Crippen LogP contribution in [0.2, 0.25) is 0 Å². The van der Waals surface area contributed by atoms with Crippen molar-refractivity contribution in [1.29, 1.82) is 0 Å². The lowest BCUT2D eigenvalue weighted by atomic mass is 9.77. The summed E-state index contributed by atoms with van der Waals surface area (Å²) in [5.41, 5.74) is 9.85. The third-order valence-corrected chi connectivity index (χ3v) is 3.58. The van der Waals surface area contributed by atoms with Crippen molar-refractivity contribution >= 4 is 0 Å². The van der Waals surface area contributed by atoms with Crippen molar-refractivity contribution in [2.24, 2.45) is 5.73 Å². The Balaban J connectivity index is 1.75. The summed E-state index contributed by atoms with van der Waals surface area (Å²) < 4.78 is 2.24. The van der Waals surface area contributed by atoms with Gasteiger partial charge >= 0.3 is 0 Å². The zero-order valence-electron chi connectivity index (χ0n) is 9.84. The van der Waals surface area contributed by atoms with Gasteiger partial charge in [-0.3, -0.25) is 0 Å². The van der Waals surface area contributed by atoms with Crippen LogP contribution in [0.1, 0.15) is 22.7 Å². The van der Waals surface area contributed by atoms with Gasteiger partial charge in [-0.25, -0.2) is 4.98 Å². The smallest absolute Gasteiger partial charge is 0.0948 e. The topological polar surface area (TPSA) is 43.8 Å². The first kappa shape index (κ1) is 10.5. The fourth-order valence-electron chi connectivity index (χ4n) is 2.63. The summed E-state index contributed by atoms with van der Waals surface area (Å²) in [6, 6.07) is 8.70. The Labute approximate surface area is 101 Å². The molecule has 0 aliphatic heterocycles. The summed E-state index contributed by atoms with van der Waals surface area (Å²) in [5.74, 6) is 0.650. The van der Waals surface area contributed by atoms with Gasteiger partial charge in [-0.05, 0) is 24.1 Å². The molecule has 0 fully saturated rings. The SMILES string of the molecule is NCCc1cncn1CC1Cc2ccccc21. The third-order valence-electron chi connectivity index (χ3n) is 3.58. The van der Waals surface area contributed by atoms with E-state index in [0.717, 1.165) is 13.0 Å². The second kappa shape index (κ2) is 4.34. The van der Waals surface area contributed by atoms with Crippen molar-refractivity contribution in [1.82, 2.24) is 9.55 Å². The fraction of sp³-hybridized carbons (Fsp3) is 0.357. The van der Waals surface area contributed by atoms with Crippen LogP contribution in [0, 0.1) is 0 Å². The number of aromatic nitrogens is 2. The second-order valence-corrected chi connectivity index (χ2v) is 4.68. The van der Waals surface area contributed by atoms with Crippen LogP contribution in [-0.4, -0.2) is 16.1 Å². The molecular weight excluding hydrogens is 210 g/mol. The highest BCUT2D eigenvalue weighted by molar-refractivity contribution is 5.39. The van der Waals surface area contributed by atoms with Gasteiger partial charge in [-0.2, -0.15) is 0 Å². The van der Waals surface area contributed by atoms with Gasteiger partial charge in [0, 0.05) is 30.8 Å². The van der Waals surface area contributed by atoms with E-state index in [-0.39, 0.29) is 0 Å². The van der Waals surface area contributed by atoms with Crippen LogP contribution in [-0.2, 0) is 19.4 Å². The molecule has 0 bridgehead atoms. The molecule has 0 saturated heterocycles. The maximum absolute atomic E-state index is 5.60. The second-order valence-electron chi connectivity index (χ2n) is 4.68. The summed E-state index contributed by atoms with van der Waals surface area (Å²) in [7, 11) is 0. The first-order chi connectivity index (χ1) is 8.38. The highest BCUT2D eigenvalue weighted by atomic mass is 15.0. The van der Waals surface area contributed by atoms with E-state index in [1.807, 2.05) is 12.5 Å². The number of nitrogens with two attached hydrogens (primary N) is 1. The van der Waals surface area contributed by atoms with Crippen LogP contribution < -0.4 is 5.73 Å². The van der Waals surface area contributed by atoms with Crippen LogP contribution in [0.25, 0.3) is 0 Å². The standard InChI is InChI=1S/C14H17N3/c15-6-5-13-8-16-10-17(13)9-12-7-11-3-1-2-4-14(11)12/h1-4,8,10,12H,5-7,9,15H2. The minimum absolute atomic E-state index is 0.650. The van der Waals surface area contributed by atoms with Crippen LogP contribution in [0.5, 0.6) is 0 Å². The number of fused-ring (bicyclic) bond motifs is 1. The molecule has 17 heavy (non-hydrogen) atoms. The number of hydrogen-bond donors (Lipinski definition) is 1. The molecule has 1 heterocycles. The van der Waals surface area contributed by atoms with E-state index in [1.165, 1.54) is 23.2 Å². The monoisotopic (exact) mass is 227 g/mol.